The minimum atomic E-state index is -0.104. The molecule has 0 bridgehead atoms. The number of hydrogen-bond acceptors (Lipinski definition) is 3. The van der Waals surface area contributed by atoms with Crippen LogP contribution in [0.3, 0.4) is 0 Å². The Bertz CT molecular complexity index is 348. The van der Waals surface area contributed by atoms with Gasteiger partial charge < -0.3 is 10.2 Å². The van der Waals surface area contributed by atoms with Gasteiger partial charge >= 0.3 is 0 Å². The number of nitrogens with one attached hydrogen (secondary N) is 1. The summed E-state index contributed by atoms with van der Waals surface area (Å²) in [6.07, 6.45) is 0. The molecule has 0 radical (unpaired) electrons. The second-order valence-electron chi connectivity index (χ2n) is 3.38. The number of carbonyl (C=O) groups is 1. The summed E-state index contributed by atoms with van der Waals surface area (Å²) >= 11 is 4.54. The number of nitrogens with zero attached hydrogens (tertiary/aromatic N) is 1. The van der Waals surface area contributed by atoms with E-state index in [-0.39, 0.29) is 5.91 Å². The average molecular weight is 222 g/mol. The molecule has 0 aliphatic heterocycles. The van der Waals surface area contributed by atoms with Crippen molar-refractivity contribution in [1.82, 2.24) is 5.32 Å². The molecular weight excluding hydrogens is 208 g/mol. The van der Waals surface area contributed by atoms with Gasteiger partial charge in [0, 0.05) is 12.7 Å². The van der Waals surface area contributed by atoms with Gasteiger partial charge in [0.05, 0.1) is 12.0 Å². The molecule has 0 fully saturated rings. The van der Waals surface area contributed by atoms with Crippen molar-refractivity contribution >= 4 is 29.3 Å². The van der Waals surface area contributed by atoms with E-state index in [2.05, 4.69) is 17.5 Å². The maximum Gasteiger partial charge on any atom is 0.244 e. The summed E-state index contributed by atoms with van der Waals surface area (Å²) in [4.78, 5) is 13.1. The largest absolute Gasteiger partial charge is 0.365 e. The lowest BCUT2D eigenvalue weighted by molar-refractivity contribution is -0.118. The first-order chi connectivity index (χ1) is 7.13. The van der Waals surface area contributed by atoms with Gasteiger partial charge in [0.25, 0.3) is 0 Å². The maximum atomic E-state index is 11.2. The molecular formula is C11H14N2OS. The number of carbonyl (C=O) groups excluding carboxylic acids is 1. The number of anilines is 1. The normalized spacial score (nSPS) is 9.47. The van der Waals surface area contributed by atoms with Crippen LogP contribution in [0.1, 0.15) is 5.56 Å². The highest BCUT2D eigenvalue weighted by Gasteiger charge is 2.05. The molecule has 0 aliphatic carbocycles. The third-order valence-corrected chi connectivity index (χ3v) is 2.19. The van der Waals surface area contributed by atoms with Crippen molar-refractivity contribution < 1.29 is 4.79 Å². The molecule has 0 saturated carbocycles. The molecule has 1 aromatic carbocycles. The Morgan fingerprint density at radius 3 is 2.60 bits per heavy atom. The predicted molar refractivity (Wildman–Crippen MR) is 66.2 cm³/mol. The van der Waals surface area contributed by atoms with Crippen LogP contribution < -0.4 is 10.2 Å². The summed E-state index contributed by atoms with van der Waals surface area (Å²) in [6, 6.07) is 8.01. The lowest BCUT2D eigenvalue weighted by Crippen LogP contribution is -2.33. The zero-order chi connectivity index (χ0) is 11.3. The molecule has 0 unspecified atom stereocenters. The van der Waals surface area contributed by atoms with Crippen LogP contribution in [-0.2, 0) is 4.79 Å². The zero-order valence-electron chi connectivity index (χ0n) is 8.86. The second-order valence-corrected chi connectivity index (χ2v) is 3.61. The monoisotopic (exact) mass is 222 g/mol. The molecule has 15 heavy (non-hydrogen) atoms. The van der Waals surface area contributed by atoms with Crippen LogP contribution in [0, 0.1) is 6.92 Å². The molecule has 80 valence electrons. The highest BCUT2D eigenvalue weighted by Crippen LogP contribution is 2.12. The third kappa shape index (κ3) is 3.67. The van der Waals surface area contributed by atoms with Crippen LogP contribution in [0.2, 0.25) is 0 Å². The molecule has 0 heterocycles. The van der Waals surface area contributed by atoms with Crippen molar-refractivity contribution in [2.45, 2.75) is 6.92 Å². The van der Waals surface area contributed by atoms with Crippen molar-refractivity contribution in [3.05, 3.63) is 29.8 Å². The summed E-state index contributed by atoms with van der Waals surface area (Å²) in [5.74, 6) is -0.104. The molecule has 0 saturated heterocycles. The Balaban J connectivity index is 2.60. The van der Waals surface area contributed by atoms with Crippen molar-refractivity contribution in [2.24, 2.45) is 0 Å². The number of hydrogen-bond donors (Lipinski definition) is 1. The van der Waals surface area contributed by atoms with Crippen LogP contribution in [0.4, 0.5) is 5.69 Å². The van der Waals surface area contributed by atoms with Crippen LogP contribution in [-0.4, -0.2) is 25.0 Å². The summed E-state index contributed by atoms with van der Waals surface area (Å²) in [6.45, 7) is 2.33. The second kappa shape index (κ2) is 5.46. The molecule has 1 aromatic rings. The maximum absolute atomic E-state index is 11.2. The minimum Gasteiger partial charge on any atom is -0.365 e. The molecule has 0 spiro atoms. The predicted octanol–water partition coefficient (Wildman–Crippen LogP) is 1.50. The van der Waals surface area contributed by atoms with Crippen molar-refractivity contribution in [1.29, 1.82) is 0 Å². The number of amides is 1. The standard InChI is InChI=1S/C11H14N2OS/c1-9-3-5-10(6-4-9)13(2)7-11(14)12-8-15/h3-6,8H,7H2,1-2H3,(H,12,14,15). The van der Waals surface area contributed by atoms with Crippen molar-refractivity contribution in [3.63, 3.8) is 0 Å². The van der Waals surface area contributed by atoms with Gasteiger partial charge in [-0.1, -0.05) is 29.9 Å². The lowest BCUT2D eigenvalue weighted by atomic mass is 10.2. The Labute approximate surface area is 95.1 Å². The van der Waals surface area contributed by atoms with Gasteiger partial charge in [0.1, 0.15) is 0 Å². The van der Waals surface area contributed by atoms with E-state index < -0.39 is 0 Å². The number of aryl methyl sites for hydroxylation is 1. The van der Waals surface area contributed by atoms with Gasteiger partial charge in [-0.05, 0) is 19.1 Å². The first-order valence-electron chi connectivity index (χ1n) is 4.64. The van der Waals surface area contributed by atoms with E-state index in [0.717, 1.165) is 5.69 Å². The highest BCUT2D eigenvalue weighted by atomic mass is 32.1. The number of benzene rings is 1. The molecule has 4 heteroatoms. The summed E-state index contributed by atoms with van der Waals surface area (Å²) in [7, 11) is 1.87. The Morgan fingerprint density at radius 2 is 2.07 bits per heavy atom. The molecule has 1 rings (SSSR count). The molecule has 0 aliphatic rings. The van der Waals surface area contributed by atoms with E-state index in [1.54, 1.807) is 0 Å². The Hall–Kier alpha value is -1.42. The van der Waals surface area contributed by atoms with Crippen LogP contribution in [0.15, 0.2) is 24.3 Å². The lowest BCUT2D eigenvalue weighted by Gasteiger charge is -2.18. The third-order valence-electron chi connectivity index (χ3n) is 2.08. The van der Waals surface area contributed by atoms with Gasteiger partial charge in [0.15, 0.2) is 0 Å². The van der Waals surface area contributed by atoms with Gasteiger partial charge in [-0.25, -0.2) is 0 Å². The molecule has 0 atom stereocenters. The number of thiocarbonyl (C=S) groups is 1. The topological polar surface area (TPSA) is 32.3 Å². The fourth-order valence-electron chi connectivity index (χ4n) is 1.22. The van der Waals surface area contributed by atoms with E-state index in [1.165, 1.54) is 11.1 Å². The molecule has 3 nitrogen and oxygen atoms in total. The summed E-state index contributed by atoms with van der Waals surface area (Å²) < 4.78 is 0. The fourth-order valence-corrected chi connectivity index (χ4v) is 1.35. The SMILES string of the molecule is Cc1ccc(N(C)CC(=O)NC=S)cc1. The van der Waals surface area contributed by atoms with Crippen LogP contribution in [0.5, 0.6) is 0 Å². The van der Waals surface area contributed by atoms with E-state index in [1.807, 2.05) is 43.1 Å². The quantitative estimate of drug-likeness (QED) is 0.784. The van der Waals surface area contributed by atoms with Crippen molar-refractivity contribution in [2.75, 3.05) is 18.5 Å². The molecule has 1 N–H and O–H groups in total. The fraction of sp³-hybridized carbons (Fsp3) is 0.273. The Morgan fingerprint density at radius 1 is 1.47 bits per heavy atom. The average Bonchev–Trinajstić information content (AvgIpc) is 2.18. The van der Waals surface area contributed by atoms with Gasteiger partial charge in [0.2, 0.25) is 5.91 Å². The smallest absolute Gasteiger partial charge is 0.244 e. The van der Waals surface area contributed by atoms with Crippen molar-refractivity contribution in [3.8, 4) is 0 Å². The first-order valence-corrected chi connectivity index (χ1v) is 5.11. The van der Waals surface area contributed by atoms with Gasteiger partial charge in [-0.15, -0.1) is 0 Å². The highest BCUT2D eigenvalue weighted by molar-refractivity contribution is 7.78. The first kappa shape index (κ1) is 11.7. The van der Waals surface area contributed by atoms with E-state index in [0.29, 0.717) is 6.54 Å². The number of likely N-dealkylation sites (N-methyl/N-ethyl adjacent to an activating group) is 1. The van der Waals surface area contributed by atoms with E-state index in [4.69, 9.17) is 0 Å². The molecule has 1 amide bonds. The summed E-state index contributed by atoms with van der Waals surface area (Å²) in [5.41, 5.74) is 3.45. The molecule has 0 aromatic heterocycles. The van der Waals surface area contributed by atoms with Gasteiger partial charge in [-0.2, -0.15) is 0 Å². The Kier molecular flexibility index (Phi) is 4.24. The van der Waals surface area contributed by atoms with E-state index in [9.17, 15) is 4.79 Å². The van der Waals surface area contributed by atoms with Crippen LogP contribution >= 0.6 is 12.2 Å². The van der Waals surface area contributed by atoms with Crippen LogP contribution in [0.25, 0.3) is 0 Å². The minimum absolute atomic E-state index is 0.104. The summed E-state index contributed by atoms with van der Waals surface area (Å²) in [5, 5.41) is 2.47. The number of rotatable bonds is 4. The zero-order valence-corrected chi connectivity index (χ0v) is 9.67. The van der Waals surface area contributed by atoms with E-state index >= 15 is 0 Å². The van der Waals surface area contributed by atoms with Gasteiger partial charge in [-0.3, -0.25) is 4.79 Å².